The summed E-state index contributed by atoms with van der Waals surface area (Å²) < 4.78 is 7.10. The minimum atomic E-state index is -0.0855. The quantitative estimate of drug-likeness (QED) is 0.527. The van der Waals surface area contributed by atoms with Gasteiger partial charge in [0.15, 0.2) is 0 Å². The monoisotopic (exact) mass is 224 g/mol. The number of nitrogens with zero attached hydrogens (tertiary/aromatic N) is 2. The number of unbranched alkanes of at least 4 members (excludes halogenated alkanes) is 2. The molecular weight excluding hydrogens is 204 g/mol. The van der Waals surface area contributed by atoms with E-state index in [1.807, 2.05) is 30.9 Å². The summed E-state index contributed by atoms with van der Waals surface area (Å²) in [5.74, 6) is -0.0855. The molecule has 0 aliphatic carbocycles. The minimum Gasteiger partial charge on any atom is -0.463 e. The lowest BCUT2D eigenvalue weighted by molar-refractivity contribution is -0.147. The predicted molar refractivity (Wildman–Crippen MR) is 61.9 cm³/mol. The molecule has 0 spiro atoms. The number of rotatable bonds is 7. The summed E-state index contributed by atoms with van der Waals surface area (Å²) in [6, 6.07) is 0. The summed E-state index contributed by atoms with van der Waals surface area (Å²) in [5, 5.41) is 0. The van der Waals surface area contributed by atoms with Crippen LogP contribution < -0.4 is 0 Å². The Hall–Kier alpha value is -1.32. The predicted octanol–water partition coefficient (Wildman–Crippen LogP) is 2.40. The first-order chi connectivity index (χ1) is 7.68. The molecule has 0 atom stereocenters. The van der Waals surface area contributed by atoms with E-state index in [0.29, 0.717) is 6.42 Å². The summed E-state index contributed by atoms with van der Waals surface area (Å²) in [7, 11) is 0. The Labute approximate surface area is 96.6 Å². The van der Waals surface area contributed by atoms with Crippen LogP contribution in [-0.2, 0) is 16.1 Å². The first-order valence-electron chi connectivity index (χ1n) is 5.83. The highest BCUT2D eigenvalue weighted by atomic mass is 16.5. The molecule has 4 heteroatoms. The highest BCUT2D eigenvalue weighted by Gasteiger charge is 2.04. The van der Waals surface area contributed by atoms with Gasteiger partial charge in [-0.25, -0.2) is 4.98 Å². The third-order valence-electron chi connectivity index (χ3n) is 2.22. The highest BCUT2D eigenvalue weighted by molar-refractivity contribution is 5.69. The van der Waals surface area contributed by atoms with Crippen LogP contribution in [0.3, 0.4) is 0 Å². The van der Waals surface area contributed by atoms with Gasteiger partial charge in [-0.2, -0.15) is 0 Å². The molecule has 1 heterocycles. The third-order valence-corrected chi connectivity index (χ3v) is 2.22. The molecule has 90 valence electrons. The van der Waals surface area contributed by atoms with Crippen LogP contribution in [0.15, 0.2) is 18.7 Å². The van der Waals surface area contributed by atoms with Gasteiger partial charge < -0.3 is 9.30 Å². The Morgan fingerprint density at radius 3 is 2.81 bits per heavy atom. The van der Waals surface area contributed by atoms with Crippen molar-refractivity contribution in [3.05, 3.63) is 18.7 Å². The summed E-state index contributed by atoms with van der Waals surface area (Å²) >= 11 is 0. The number of carbonyl (C=O) groups is 1. The van der Waals surface area contributed by atoms with Crippen LogP contribution in [0.4, 0.5) is 0 Å². The Balaban J connectivity index is 1.98. The average molecular weight is 224 g/mol. The van der Waals surface area contributed by atoms with Gasteiger partial charge in [-0.1, -0.05) is 6.42 Å². The van der Waals surface area contributed by atoms with Crippen molar-refractivity contribution >= 4 is 5.97 Å². The van der Waals surface area contributed by atoms with E-state index in [2.05, 4.69) is 4.98 Å². The van der Waals surface area contributed by atoms with E-state index in [4.69, 9.17) is 4.74 Å². The summed E-state index contributed by atoms with van der Waals surface area (Å²) in [4.78, 5) is 15.2. The molecule has 0 saturated heterocycles. The van der Waals surface area contributed by atoms with Gasteiger partial charge in [0, 0.05) is 25.4 Å². The number of aromatic nitrogens is 2. The molecule has 0 unspecified atom stereocenters. The lowest BCUT2D eigenvalue weighted by Crippen LogP contribution is -2.10. The standard InChI is InChI=1S/C12H20N2O2/c1-11(2)16-12(15)6-4-3-5-8-14-9-7-13-10-14/h7,9-11H,3-6,8H2,1-2H3. The van der Waals surface area contributed by atoms with Gasteiger partial charge in [0.2, 0.25) is 0 Å². The van der Waals surface area contributed by atoms with E-state index in [1.54, 1.807) is 6.20 Å². The molecule has 1 aromatic rings. The number of hydrogen-bond donors (Lipinski definition) is 0. The van der Waals surface area contributed by atoms with Crippen LogP contribution in [0.1, 0.15) is 39.5 Å². The van der Waals surface area contributed by atoms with E-state index >= 15 is 0 Å². The molecule has 0 aliphatic heterocycles. The van der Waals surface area contributed by atoms with E-state index in [9.17, 15) is 4.79 Å². The second kappa shape index (κ2) is 7.04. The summed E-state index contributed by atoms with van der Waals surface area (Å²) in [6.07, 6.45) is 9.09. The Morgan fingerprint density at radius 1 is 1.38 bits per heavy atom. The van der Waals surface area contributed by atoms with Gasteiger partial charge in [-0.15, -0.1) is 0 Å². The molecule has 0 radical (unpaired) electrons. The topological polar surface area (TPSA) is 44.1 Å². The molecule has 1 aromatic heterocycles. The zero-order chi connectivity index (χ0) is 11.8. The van der Waals surface area contributed by atoms with Crippen LogP contribution >= 0.6 is 0 Å². The van der Waals surface area contributed by atoms with Gasteiger partial charge in [0.1, 0.15) is 0 Å². The molecule has 0 saturated carbocycles. The van der Waals surface area contributed by atoms with Gasteiger partial charge in [0.05, 0.1) is 12.4 Å². The maximum absolute atomic E-state index is 11.2. The number of carbonyl (C=O) groups excluding carboxylic acids is 1. The van der Waals surface area contributed by atoms with Crippen molar-refractivity contribution in [1.29, 1.82) is 0 Å². The van der Waals surface area contributed by atoms with Crippen molar-refractivity contribution in [3.8, 4) is 0 Å². The zero-order valence-corrected chi connectivity index (χ0v) is 10.1. The second-order valence-electron chi connectivity index (χ2n) is 4.15. The van der Waals surface area contributed by atoms with Crippen molar-refractivity contribution in [1.82, 2.24) is 9.55 Å². The number of hydrogen-bond acceptors (Lipinski definition) is 3. The van der Waals surface area contributed by atoms with Gasteiger partial charge in [0.25, 0.3) is 0 Å². The molecule has 1 rings (SSSR count). The molecule has 0 bridgehead atoms. The summed E-state index contributed by atoms with van der Waals surface area (Å²) in [5.41, 5.74) is 0. The van der Waals surface area contributed by atoms with Crippen LogP contribution in [0.2, 0.25) is 0 Å². The van der Waals surface area contributed by atoms with Crippen molar-refractivity contribution in [2.75, 3.05) is 0 Å². The lowest BCUT2D eigenvalue weighted by Gasteiger charge is -2.07. The van der Waals surface area contributed by atoms with E-state index in [0.717, 1.165) is 25.8 Å². The largest absolute Gasteiger partial charge is 0.463 e. The average Bonchev–Trinajstić information content (AvgIpc) is 2.68. The normalized spacial score (nSPS) is 10.7. The van der Waals surface area contributed by atoms with E-state index < -0.39 is 0 Å². The molecular formula is C12H20N2O2. The summed E-state index contributed by atoms with van der Waals surface area (Å²) in [6.45, 7) is 4.72. The first kappa shape index (κ1) is 12.7. The molecule has 0 aliphatic rings. The number of esters is 1. The van der Waals surface area contributed by atoms with Gasteiger partial charge >= 0.3 is 5.97 Å². The Kier molecular flexibility index (Phi) is 5.61. The minimum absolute atomic E-state index is 0.00144. The highest BCUT2D eigenvalue weighted by Crippen LogP contribution is 2.04. The SMILES string of the molecule is CC(C)OC(=O)CCCCCn1ccnc1. The number of imidazole rings is 1. The fraction of sp³-hybridized carbons (Fsp3) is 0.667. The van der Waals surface area contributed by atoms with Crippen LogP contribution in [-0.4, -0.2) is 21.6 Å². The maximum Gasteiger partial charge on any atom is 0.306 e. The molecule has 0 fully saturated rings. The van der Waals surface area contributed by atoms with Crippen LogP contribution in [0, 0.1) is 0 Å². The maximum atomic E-state index is 11.2. The van der Waals surface area contributed by atoms with Crippen molar-refractivity contribution in [2.24, 2.45) is 0 Å². The smallest absolute Gasteiger partial charge is 0.306 e. The first-order valence-corrected chi connectivity index (χ1v) is 5.83. The fourth-order valence-electron chi connectivity index (χ4n) is 1.48. The van der Waals surface area contributed by atoms with Crippen LogP contribution in [0.25, 0.3) is 0 Å². The van der Waals surface area contributed by atoms with Crippen molar-refractivity contribution < 1.29 is 9.53 Å². The Morgan fingerprint density at radius 2 is 2.19 bits per heavy atom. The molecule has 16 heavy (non-hydrogen) atoms. The molecule has 4 nitrogen and oxygen atoms in total. The van der Waals surface area contributed by atoms with Gasteiger partial charge in [-0.3, -0.25) is 4.79 Å². The number of aryl methyl sites for hydroxylation is 1. The van der Waals surface area contributed by atoms with E-state index in [-0.39, 0.29) is 12.1 Å². The van der Waals surface area contributed by atoms with Crippen LogP contribution in [0.5, 0.6) is 0 Å². The van der Waals surface area contributed by atoms with Crippen molar-refractivity contribution in [2.45, 2.75) is 52.2 Å². The molecule has 0 N–H and O–H groups in total. The van der Waals surface area contributed by atoms with E-state index in [1.165, 1.54) is 0 Å². The molecule has 0 aromatic carbocycles. The van der Waals surface area contributed by atoms with Crippen molar-refractivity contribution in [3.63, 3.8) is 0 Å². The third kappa shape index (κ3) is 5.53. The Bertz CT molecular complexity index is 294. The number of ether oxygens (including phenoxy) is 1. The lowest BCUT2D eigenvalue weighted by atomic mass is 10.2. The van der Waals surface area contributed by atoms with Gasteiger partial charge in [-0.05, 0) is 26.7 Å². The second-order valence-corrected chi connectivity index (χ2v) is 4.15. The molecule has 0 amide bonds. The fourth-order valence-corrected chi connectivity index (χ4v) is 1.48. The zero-order valence-electron chi connectivity index (χ0n) is 10.1.